The fraction of sp³-hybridized carbons (Fsp3) is 0.0250. The number of aromatic nitrogens is 2. The Kier molecular flexibility index (Phi) is 4.08. The minimum absolute atomic E-state index is 0.00409. The highest BCUT2D eigenvalue weighted by atomic mass is 15.1. The molecule has 0 saturated heterocycles. The molecule has 198 valence electrons. The maximum absolute atomic E-state index is 8.46. The minimum atomic E-state index is -2.46. The predicted molar refractivity (Wildman–Crippen MR) is 177 cm³/mol. The van der Waals surface area contributed by atoms with Crippen LogP contribution in [0.1, 0.15) is 16.8 Å². The van der Waals surface area contributed by atoms with Gasteiger partial charge in [-0.25, -0.2) is 4.98 Å². The Morgan fingerprint density at radius 2 is 1.12 bits per heavy atom. The summed E-state index contributed by atoms with van der Waals surface area (Å²) in [7, 11) is 0. The van der Waals surface area contributed by atoms with E-state index < -0.39 is 12.9 Å². The maximum atomic E-state index is 8.46. The van der Waals surface area contributed by atoms with E-state index in [0.29, 0.717) is 22.3 Å². The molecule has 0 N–H and O–H groups in total. The van der Waals surface area contributed by atoms with Crippen LogP contribution in [0.15, 0.2) is 152 Å². The molecule has 2 nitrogen and oxygen atoms in total. The van der Waals surface area contributed by atoms with Crippen LogP contribution in [0.25, 0.3) is 71.6 Å². The van der Waals surface area contributed by atoms with Gasteiger partial charge in [-0.3, -0.25) is 4.57 Å². The predicted octanol–water partition coefficient (Wildman–Crippen LogP) is 10.6. The number of benzene rings is 7. The van der Waals surface area contributed by atoms with Crippen molar-refractivity contribution in [3.05, 3.63) is 157 Å². The van der Waals surface area contributed by atoms with Gasteiger partial charge in [0.25, 0.3) is 0 Å². The van der Waals surface area contributed by atoms with Crippen LogP contribution in [-0.2, 0) is 0 Å². The van der Waals surface area contributed by atoms with Gasteiger partial charge in [-0.2, -0.15) is 0 Å². The molecule has 42 heavy (non-hydrogen) atoms. The zero-order chi connectivity index (χ0) is 34.9. The smallest absolute Gasteiger partial charge is 0.111 e. The summed E-state index contributed by atoms with van der Waals surface area (Å²) in [4.78, 5) is 4.57. The van der Waals surface area contributed by atoms with Gasteiger partial charge >= 0.3 is 0 Å². The van der Waals surface area contributed by atoms with E-state index in [1.54, 1.807) is 16.7 Å². The Hall–Kier alpha value is -5.47. The molecule has 7 aromatic carbocycles. The van der Waals surface area contributed by atoms with Crippen LogP contribution in [0.4, 0.5) is 0 Å². The van der Waals surface area contributed by atoms with E-state index in [2.05, 4.69) is 29.2 Å². The van der Waals surface area contributed by atoms with E-state index in [-0.39, 0.29) is 35.6 Å². The van der Waals surface area contributed by atoms with Crippen LogP contribution in [-0.4, -0.2) is 9.55 Å². The number of rotatable bonds is 4. The first-order chi connectivity index (χ1) is 24.1. The van der Waals surface area contributed by atoms with Crippen LogP contribution >= 0.6 is 0 Å². The zero-order valence-corrected chi connectivity index (χ0v) is 22.4. The molecule has 0 amide bonds. The van der Waals surface area contributed by atoms with Crippen molar-refractivity contribution in [2.45, 2.75) is 6.85 Å². The highest BCUT2D eigenvalue weighted by Gasteiger charge is 2.20. The van der Waals surface area contributed by atoms with Gasteiger partial charge in [-0.1, -0.05) is 133 Å². The third-order valence-electron chi connectivity index (χ3n) is 7.87. The Balaban J connectivity index is 1.39. The third kappa shape index (κ3) is 3.84. The molecule has 8 rings (SSSR count). The standard InChI is InChI=1S/C40H28N2/c1-27-41-36-20-10-12-22-38(36)42(27)37-21-11-9-19-35(37)40-33-17-7-5-15-31(33)39(32-16-6-8-18-34(32)40)30-25-23-29(24-26-30)28-13-3-2-4-14-28/h2-26H,1H3/i1D3,2D,3D,4D,13D,14D. The molecule has 0 radical (unpaired) electrons. The van der Waals surface area contributed by atoms with Crippen molar-refractivity contribution in [3.8, 4) is 39.1 Å². The summed E-state index contributed by atoms with van der Waals surface area (Å²) >= 11 is 0. The summed E-state index contributed by atoms with van der Waals surface area (Å²) in [5, 5.41) is 3.92. The number of nitrogens with zero attached hydrogens (tertiary/aromatic N) is 2. The summed E-state index contributed by atoms with van der Waals surface area (Å²) in [6, 6.07) is 37.4. The van der Waals surface area contributed by atoms with Gasteiger partial charge in [0, 0.05) is 9.68 Å². The Morgan fingerprint density at radius 1 is 0.548 bits per heavy atom. The first-order valence-corrected chi connectivity index (χ1v) is 13.7. The summed E-state index contributed by atoms with van der Waals surface area (Å²) in [5.41, 5.74) is 6.41. The molecular formula is C40H28N2. The molecule has 2 heteroatoms. The quantitative estimate of drug-likeness (QED) is 0.202. The van der Waals surface area contributed by atoms with E-state index in [1.165, 1.54) is 0 Å². The highest BCUT2D eigenvalue weighted by molar-refractivity contribution is 6.22. The SMILES string of the molecule is [2H]c1c([2H])c([2H])c(-c2ccc(-c3c4ccccc4c(-c4ccccc4-n4c(C([2H])([2H])[2H])nc5ccccc54)c4ccccc34)cc2)c([2H])c1[2H]. The summed E-state index contributed by atoms with van der Waals surface area (Å²) in [6.07, 6.45) is 0. The van der Waals surface area contributed by atoms with Gasteiger partial charge in [0.1, 0.15) is 5.82 Å². The van der Waals surface area contributed by atoms with Gasteiger partial charge in [-0.15, -0.1) is 0 Å². The van der Waals surface area contributed by atoms with Crippen LogP contribution in [0.5, 0.6) is 0 Å². The second-order valence-corrected chi connectivity index (χ2v) is 10.2. The third-order valence-corrected chi connectivity index (χ3v) is 7.87. The lowest BCUT2D eigenvalue weighted by Crippen LogP contribution is -2.00. The second kappa shape index (κ2) is 9.87. The van der Waals surface area contributed by atoms with Crippen molar-refractivity contribution in [1.29, 1.82) is 0 Å². The van der Waals surface area contributed by atoms with Gasteiger partial charge < -0.3 is 0 Å². The lowest BCUT2D eigenvalue weighted by atomic mass is 9.85. The molecule has 0 saturated carbocycles. The van der Waals surface area contributed by atoms with Crippen molar-refractivity contribution in [2.75, 3.05) is 0 Å². The monoisotopic (exact) mass is 544 g/mol. The van der Waals surface area contributed by atoms with E-state index in [1.807, 2.05) is 84.9 Å². The largest absolute Gasteiger partial charge is 0.296 e. The van der Waals surface area contributed by atoms with Gasteiger partial charge in [0.2, 0.25) is 0 Å². The lowest BCUT2D eigenvalue weighted by molar-refractivity contribution is 1.00. The fourth-order valence-corrected chi connectivity index (χ4v) is 6.08. The van der Waals surface area contributed by atoms with Gasteiger partial charge in [0.05, 0.1) is 23.6 Å². The average molecular weight is 545 g/mol. The van der Waals surface area contributed by atoms with Gasteiger partial charge in [-0.05, 0) is 74.4 Å². The lowest BCUT2D eigenvalue weighted by Gasteiger charge is -2.20. The minimum Gasteiger partial charge on any atom is -0.296 e. The summed E-state index contributed by atoms with van der Waals surface area (Å²) in [6.45, 7) is -2.46. The second-order valence-electron chi connectivity index (χ2n) is 10.2. The number of para-hydroxylation sites is 3. The average Bonchev–Trinajstić information content (AvgIpc) is 3.53. The maximum Gasteiger partial charge on any atom is 0.111 e. The molecule has 1 aromatic heterocycles. The number of hydrogen-bond donors (Lipinski definition) is 0. The molecule has 0 unspecified atom stereocenters. The van der Waals surface area contributed by atoms with Crippen molar-refractivity contribution >= 4 is 32.6 Å². The Morgan fingerprint density at radius 3 is 1.81 bits per heavy atom. The Bertz CT molecular complexity index is 2550. The molecule has 1 heterocycles. The highest BCUT2D eigenvalue weighted by Crippen LogP contribution is 2.45. The van der Waals surface area contributed by atoms with E-state index >= 15 is 0 Å². The van der Waals surface area contributed by atoms with Crippen LogP contribution in [0.3, 0.4) is 0 Å². The normalized spacial score (nSPS) is 14.5. The van der Waals surface area contributed by atoms with E-state index in [0.717, 1.165) is 43.8 Å². The van der Waals surface area contributed by atoms with Gasteiger partial charge in [0.15, 0.2) is 0 Å². The first kappa shape index (κ1) is 17.4. The Labute approximate surface area is 256 Å². The molecule has 0 fully saturated rings. The van der Waals surface area contributed by atoms with Crippen molar-refractivity contribution in [3.63, 3.8) is 0 Å². The molecule has 0 spiro atoms. The molecule has 0 atom stereocenters. The van der Waals surface area contributed by atoms with Crippen molar-refractivity contribution in [2.24, 2.45) is 0 Å². The molecule has 0 bridgehead atoms. The number of aryl methyl sites for hydroxylation is 1. The van der Waals surface area contributed by atoms with Crippen molar-refractivity contribution in [1.82, 2.24) is 9.55 Å². The summed E-state index contributed by atoms with van der Waals surface area (Å²) < 4.78 is 68.1. The van der Waals surface area contributed by atoms with Crippen LogP contribution in [0.2, 0.25) is 0 Å². The fourth-order valence-electron chi connectivity index (χ4n) is 6.08. The van der Waals surface area contributed by atoms with Crippen LogP contribution < -0.4 is 0 Å². The summed E-state index contributed by atoms with van der Waals surface area (Å²) in [5.74, 6) is -0.00409. The number of hydrogen-bond acceptors (Lipinski definition) is 1. The topological polar surface area (TPSA) is 17.8 Å². The molecule has 8 aromatic rings. The number of fused-ring (bicyclic) bond motifs is 3. The zero-order valence-electron chi connectivity index (χ0n) is 30.4. The van der Waals surface area contributed by atoms with E-state index in [9.17, 15) is 0 Å². The molecule has 0 aliphatic heterocycles. The first-order valence-electron chi connectivity index (χ1n) is 17.7. The molecule has 0 aliphatic rings. The van der Waals surface area contributed by atoms with Crippen LogP contribution in [0, 0.1) is 6.85 Å². The van der Waals surface area contributed by atoms with Crippen molar-refractivity contribution < 1.29 is 11.0 Å². The number of imidazole rings is 1. The molecular weight excluding hydrogens is 508 g/mol. The van der Waals surface area contributed by atoms with E-state index in [4.69, 9.17) is 11.0 Å². The molecule has 0 aliphatic carbocycles.